The minimum Gasteiger partial charge on any atom is -0.347 e. The molecule has 0 amide bonds. The summed E-state index contributed by atoms with van der Waals surface area (Å²) in [6.45, 7) is 0.874. The Morgan fingerprint density at radius 2 is 2.00 bits per heavy atom. The molecule has 1 heterocycles. The summed E-state index contributed by atoms with van der Waals surface area (Å²) in [7, 11) is 0. The quantitative estimate of drug-likeness (QED) is 0.814. The topological polar surface area (TPSA) is 40.7 Å². The first-order valence-corrected chi connectivity index (χ1v) is 5.69. The molecule has 0 radical (unpaired) electrons. The predicted octanol–water partition coefficient (Wildman–Crippen LogP) is 1.67. The van der Waals surface area contributed by atoms with E-state index in [2.05, 4.69) is 39.6 Å². The van der Waals surface area contributed by atoms with Gasteiger partial charge in [0.1, 0.15) is 0 Å². The Labute approximate surface area is 94.9 Å². The Hall–Kier alpha value is -1.61. The van der Waals surface area contributed by atoms with Crippen LogP contribution < -0.4 is 5.32 Å². The van der Waals surface area contributed by atoms with Crippen LogP contribution in [0.25, 0.3) is 0 Å². The first-order chi connectivity index (χ1) is 7.92. The van der Waals surface area contributed by atoms with Crippen molar-refractivity contribution in [3.8, 4) is 0 Å². The van der Waals surface area contributed by atoms with Crippen LogP contribution in [0.3, 0.4) is 0 Å². The van der Waals surface area contributed by atoms with Gasteiger partial charge >= 0.3 is 0 Å². The van der Waals surface area contributed by atoms with Crippen LogP contribution in [-0.2, 0) is 19.4 Å². The largest absolute Gasteiger partial charge is 0.347 e. The van der Waals surface area contributed by atoms with Crippen molar-refractivity contribution < 1.29 is 0 Å². The third-order valence-corrected chi connectivity index (χ3v) is 3.19. The fourth-order valence-electron chi connectivity index (χ4n) is 2.34. The van der Waals surface area contributed by atoms with Crippen molar-refractivity contribution in [2.24, 2.45) is 0 Å². The molecule has 2 aromatic rings. The van der Waals surface area contributed by atoms with Crippen LogP contribution in [0.1, 0.15) is 16.8 Å². The maximum absolute atomic E-state index is 4.01. The summed E-state index contributed by atoms with van der Waals surface area (Å²) in [5.41, 5.74) is 4.13. The van der Waals surface area contributed by atoms with E-state index >= 15 is 0 Å². The molecule has 0 aliphatic heterocycles. The maximum Gasteiger partial charge on any atom is 0.0922 e. The summed E-state index contributed by atoms with van der Waals surface area (Å²) in [5, 5.41) is 3.56. The smallest absolute Gasteiger partial charge is 0.0922 e. The van der Waals surface area contributed by atoms with Gasteiger partial charge in [0, 0.05) is 24.5 Å². The van der Waals surface area contributed by atoms with Crippen molar-refractivity contribution in [3.05, 3.63) is 53.6 Å². The molecular weight excluding hydrogens is 198 g/mol. The number of fused-ring (bicyclic) bond motifs is 1. The average Bonchev–Trinajstić information content (AvgIpc) is 2.95. The molecular formula is C13H15N3. The van der Waals surface area contributed by atoms with E-state index in [9.17, 15) is 0 Å². The normalized spacial score (nSPS) is 15.2. The Morgan fingerprint density at radius 1 is 1.25 bits per heavy atom. The van der Waals surface area contributed by atoms with Crippen molar-refractivity contribution in [2.75, 3.05) is 0 Å². The first kappa shape index (κ1) is 9.60. The summed E-state index contributed by atoms with van der Waals surface area (Å²) < 4.78 is 0. The van der Waals surface area contributed by atoms with Gasteiger partial charge < -0.3 is 10.3 Å². The lowest BCUT2D eigenvalue weighted by Crippen LogP contribution is -2.29. The second kappa shape index (κ2) is 4.10. The summed E-state index contributed by atoms with van der Waals surface area (Å²) in [4.78, 5) is 7.12. The molecule has 1 aromatic carbocycles. The minimum absolute atomic E-state index is 0.570. The molecule has 2 N–H and O–H groups in total. The highest BCUT2D eigenvalue weighted by atomic mass is 15.0. The van der Waals surface area contributed by atoms with Gasteiger partial charge in [-0.2, -0.15) is 0 Å². The van der Waals surface area contributed by atoms with Gasteiger partial charge in [-0.15, -0.1) is 0 Å². The number of nitrogens with zero attached hydrogens (tertiary/aromatic N) is 1. The van der Waals surface area contributed by atoms with E-state index in [1.165, 1.54) is 11.1 Å². The van der Waals surface area contributed by atoms with E-state index in [0.717, 1.165) is 25.1 Å². The molecule has 1 aromatic heterocycles. The molecule has 16 heavy (non-hydrogen) atoms. The number of aromatic nitrogens is 2. The van der Waals surface area contributed by atoms with E-state index < -0.39 is 0 Å². The summed E-state index contributed by atoms with van der Waals surface area (Å²) >= 11 is 0. The van der Waals surface area contributed by atoms with Crippen LogP contribution in [0.2, 0.25) is 0 Å². The number of benzene rings is 1. The Bertz CT molecular complexity index is 437. The second-order valence-corrected chi connectivity index (χ2v) is 4.33. The van der Waals surface area contributed by atoms with Crippen LogP contribution in [0.5, 0.6) is 0 Å². The average molecular weight is 213 g/mol. The second-order valence-electron chi connectivity index (χ2n) is 4.33. The van der Waals surface area contributed by atoms with Crippen molar-refractivity contribution >= 4 is 0 Å². The van der Waals surface area contributed by atoms with Crippen LogP contribution in [0, 0.1) is 0 Å². The predicted molar refractivity (Wildman–Crippen MR) is 63.1 cm³/mol. The molecule has 3 nitrogen and oxygen atoms in total. The number of hydrogen-bond donors (Lipinski definition) is 2. The Kier molecular flexibility index (Phi) is 2.46. The number of hydrogen-bond acceptors (Lipinski definition) is 2. The highest BCUT2D eigenvalue weighted by Crippen LogP contribution is 2.21. The molecule has 82 valence electrons. The lowest BCUT2D eigenvalue weighted by molar-refractivity contribution is 0.528. The maximum atomic E-state index is 4.01. The number of H-pyrrole nitrogens is 1. The lowest BCUT2D eigenvalue weighted by Gasteiger charge is -2.10. The van der Waals surface area contributed by atoms with Crippen LogP contribution in [-0.4, -0.2) is 16.0 Å². The van der Waals surface area contributed by atoms with E-state index in [0.29, 0.717) is 6.04 Å². The molecule has 3 heteroatoms. The minimum atomic E-state index is 0.570. The van der Waals surface area contributed by atoms with Gasteiger partial charge in [-0.1, -0.05) is 24.3 Å². The molecule has 0 unspecified atom stereocenters. The zero-order chi connectivity index (χ0) is 10.8. The monoisotopic (exact) mass is 213 g/mol. The van der Waals surface area contributed by atoms with Gasteiger partial charge in [0.25, 0.3) is 0 Å². The van der Waals surface area contributed by atoms with E-state index in [4.69, 9.17) is 0 Å². The molecule has 1 aliphatic carbocycles. The Morgan fingerprint density at radius 3 is 2.62 bits per heavy atom. The van der Waals surface area contributed by atoms with Crippen molar-refractivity contribution in [3.63, 3.8) is 0 Å². The van der Waals surface area contributed by atoms with Gasteiger partial charge in [0.05, 0.1) is 6.33 Å². The standard InChI is InChI=1S/C13H15N3/c1-2-4-11-6-12(5-10(11)3-1)15-8-13-7-14-9-16-13/h1-4,7,9,12,15H,5-6,8H2,(H,14,16). The van der Waals surface area contributed by atoms with E-state index in [-0.39, 0.29) is 0 Å². The van der Waals surface area contributed by atoms with Crippen molar-refractivity contribution in [1.82, 2.24) is 15.3 Å². The molecule has 1 aliphatic rings. The first-order valence-electron chi connectivity index (χ1n) is 5.69. The third kappa shape index (κ3) is 1.86. The fourth-order valence-corrected chi connectivity index (χ4v) is 2.34. The summed E-state index contributed by atoms with van der Waals surface area (Å²) in [6, 6.07) is 9.27. The number of aromatic amines is 1. The number of rotatable bonds is 3. The zero-order valence-electron chi connectivity index (χ0n) is 9.11. The van der Waals surface area contributed by atoms with Gasteiger partial charge in [0.15, 0.2) is 0 Å². The van der Waals surface area contributed by atoms with Crippen LogP contribution in [0.4, 0.5) is 0 Å². The molecule has 0 fully saturated rings. The molecule has 0 saturated heterocycles. The Balaban J connectivity index is 1.60. The highest BCUT2D eigenvalue weighted by molar-refractivity contribution is 5.33. The molecule has 0 atom stereocenters. The van der Waals surface area contributed by atoms with E-state index in [1.807, 2.05) is 6.20 Å². The van der Waals surface area contributed by atoms with Gasteiger partial charge in [-0.3, -0.25) is 0 Å². The van der Waals surface area contributed by atoms with Crippen LogP contribution >= 0.6 is 0 Å². The van der Waals surface area contributed by atoms with E-state index in [1.54, 1.807) is 6.33 Å². The molecule has 0 spiro atoms. The lowest BCUT2D eigenvalue weighted by atomic mass is 10.1. The number of nitrogens with one attached hydrogen (secondary N) is 2. The molecule has 0 saturated carbocycles. The third-order valence-electron chi connectivity index (χ3n) is 3.19. The fraction of sp³-hybridized carbons (Fsp3) is 0.308. The number of imidazole rings is 1. The summed E-state index contributed by atoms with van der Waals surface area (Å²) in [6.07, 6.45) is 5.88. The highest BCUT2D eigenvalue weighted by Gasteiger charge is 2.19. The van der Waals surface area contributed by atoms with Gasteiger partial charge in [0.2, 0.25) is 0 Å². The molecule has 3 rings (SSSR count). The van der Waals surface area contributed by atoms with Crippen molar-refractivity contribution in [2.45, 2.75) is 25.4 Å². The van der Waals surface area contributed by atoms with Crippen LogP contribution in [0.15, 0.2) is 36.8 Å². The van der Waals surface area contributed by atoms with Gasteiger partial charge in [-0.05, 0) is 24.0 Å². The van der Waals surface area contributed by atoms with Crippen molar-refractivity contribution in [1.29, 1.82) is 0 Å². The summed E-state index contributed by atoms with van der Waals surface area (Å²) in [5.74, 6) is 0. The SMILES string of the molecule is c1ccc2c(c1)CC(NCc1cnc[nH]1)C2. The molecule has 0 bridgehead atoms. The van der Waals surface area contributed by atoms with Gasteiger partial charge in [-0.25, -0.2) is 4.98 Å². The zero-order valence-corrected chi connectivity index (χ0v) is 9.11.